The molecule has 2 N–H and O–H groups in total. The van der Waals surface area contributed by atoms with E-state index in [-0.39, 0.29) is 17.8 Å². The number of fused-ring (bicyclic) bond motifs is 1. The van der Waals surface area contributed by atoms with Gasteiger partial charge in [0.15, 0.2) is 0 Å². The molecule has 4 rings (SSSR count). The number of halogens is 1. The zero-order valence-corrected chi connectivity index (χ0v) is 15.0. The molecule has 1 aliphatic heterocycles. The first kappa shape index (κ1) is 17.7. The lowest BCUT2D eigenvalue weighted by Crippen LogP contribution is -2.43. The first-order chi connectivity index (χ1) is 13.2. The maximum absolute atomic E-state index is 13.9. The third-order valence-electron chi connectivity index (χ3n) is 4.91. The second-order valence-electron chi connectivity index (χ2n) is 6.73. The van der Waals surface area contributed by atoms with Gasteiger partial charge in [0.1, 0.15) is 11.5 Å². The number of H-pyrrole nitrogens is 1. The quantitative estimate of drug-likeness (QED) is 0.729. The van der Waals surface area contributed by atoms with Crippen molar-refractivity contribution in [3.63, 3.8) is 0 Å². The maximum atomic E-state index is 13.9. The Balaban J connectivity index is 1.55. The summed E-state index contributed by atoms with van der Waals surface area (Å²) in [5, 5.41) is 3.53. The molecule has 5 nitrogen and oxygen atoms in total. The van der Waals surface area contributed by atoms with Gasteiger partial charge < -0.3 is 15.0 Å². The maximum Gasteiger partial charge on any atom is 0.268 e. The number of carbonyl (C=O) groups is 1. The van der Waals surface area contributed by atoms with Crippen LogP contribution in [0.5, 0.6) is 0 Å². The van der Waals surface area contributed by atoms with E-state index >= 15 is 0 Å². The Hall–Kier alpha value is -2.70. The van der Waals surface area contributed by atoms with E-state index in [4.69, 9.17) is 4.74 Å². The van der Waals surface area contributed by atoms with Crippen LogP contribution in [0.1, 0.15) is 22.1 Å². The highest BCUT2D eigenvalue weighted by Gasteiger charge is 2.21. The molecule has 1 fully saturated rings. The van der Waals surface area contributed by atoms with Crippen molar-refractivity contribution in [1.82, 2.24) is 15.2 Å². The van der Waals surface area contributed by atoms with Gasteiger partial charge in [-0.1, -0.05) is 36.4 Å². The number of nitrogens with one attached hydrogen (secondary N) is 2. The molecule has 6 heteroatoms. The Bertz CT molecular complexity index is 920. The molecule has 27 heavy (non-hydrogen) atoms. The van der Waals surface area contributed by atoms with Crippen molar-refractivity contribution in [2.75, 3.05) is 32.8 Å². The van der Waals surface area contributed by atoms with Crippen LogP contribution in [0.25, 0.3) is 10.9 Å². The largest absolute Gasteiger partial charge is 0.379 e. The second kappa shape index (κ2) is 7.90. The number of carbonyl (C=O) groups excluding carboxylic acids is 1. The summed E-state index contributed by atoms with van der Waals surface area (Å²) in [5.41, 5.74) is 2.02. The number of rotatable bonds is 5. The van der Waals surface area contributed by atoms with Gasteiger partial charge >= 0.3 is 0 Å². The molecule has 1 unspecified atom stereocenters. The molecule has 0 bridgehead atoms. The van der Waals surface area contributed by atoms with Crippen molar-refractivity contribution in [3.8, 4) is 0 Å². The van der Waals surface area contributed by atoms with Crippen molar-refractivity contribution < 1.29 is 13.9 Å². The summed E-state index contributed by atoms with van der Waals surface area (Å²) in [4.78, 5) is 18.1. The smallest absolute Gasteiger partial charge is 0.268 e. The monoisotopic (exact) mass is 367 g/mol. The molecule has 1 aliphatic rings. The van der Waals surface area contributed by atoms with Crippen LogP contribution in [0.2, 0.25) is 0 Å². The van der Waals surface area contributed by atoms with E-state index in [9.17, 15) is 9.18 Å². The minimum absolute atomic E-state index is 0.159. The number of benzene rings is 2. The van der Waals surface area contributed by atoms with E-state index in [1.54, 1.807) is 18.2 Å². The minimum atomic E-state index is -0.337. The van der Waals surface area contributed by atoms with Crippen molar-refractivity contribution in [2.45, 2.75) is 6.04 Å². The Labute approximate surface area is 157 Å². The van der Waals surface area contributed by atoms with Gasteiger partial charge in [0.05, 0.1) is 19.3 Å². The van der Waals surface area contributed by atoms with E-state index in [1.165, 1.54) is 6.07 Å². The first-order valence-electron chi connectivity index (χ1n) is 9.14. The number of amides is 1. The van der Waals surface area contributed by atoms with E-state index in [0.717, 1.165) is 18.7 Å². The van der Waals surface area contributed by atoms with Crippen LogP contribution in [0.3, 0.4) is 0 Å². The highest BCUT2D eigenvalue weighted by Crippen LogP contribution is 2.20. The van der Waals surface area contributed by atoms with Gasteiger partial charge in [0.25, 0.3) is 5.91 Å². The SMILES string of the molecule is O=C(NC(CN1CCOCC1)c1ccccc1)c1cc2c(F)cccc2[nH]1. The lowest BCUT2D eigenvalue weighted by Gasteiger charge is -2.31. The van der Waals surface area contributed by atoms with Crippen LogP contribution in [0.4, 0.5) is 4.39 Å². The zero-order valence-electron chi connectivity index (χ0n) is 15.0. The molecule has 140 valence electrons. The van der Waals surface area contributed by atoms with Crippen molar-refractivity contribution in [1.29, 1.82) is 0 Å². The number of hydrogen-bond donors (Lipinski definition) is 2. The number of aromatic nitrogens is 1. The minimum Gasteiger partial charge on any atom is -0.379 e. The van der Waals surface area contributed by atoms with Crippen LogP contribution in [0.15, 0.2) is 54.6 Å². The lowest BCUT2D eigenvalue weighted by atomic mass is 10.1. The van der Waals surface area contributed by atoms with Gasteiger partial charge in [-0.05, 0) is 23.8 Å². The molecule has 1 saturated heterocycles. The van der Waals surface area contributed by atoms with E-state index in [2.05, 4.69) is 15.2 Å². The third kappa shape index (κ3) is 4.02. The predicted molar refractivity (Wildman–Crippen MR) is 102 cm³/mol. The van der Waals surface area contributed by atoms with Gasteiger partial charge in [-0.25, -0.2) is 4.39 Å². The normalized spacial score (nSPS) is 16.3. The summed E-state index contributed by atoms with van der Waals surface area (Å²) < 4.78 is 19.3. The van der Waals surface area contributed by atoms with Crippen LogP contribution in [0, 0.1) is 5.82 Å². The highest BCUT2D eigenvalue weighted by molar-refractivity contribution is 5.98. The summed E-state index contributed by atoms with van der Waals surface area (Å²) in [7, 11) is 0. The topological polar surface area (TPSA) is 57.4 Å². The van der Waals surface area contributed by atoms with E-state index in [0.29, 0.717) is 36.4 Å². The van der Waals surface area contributed by atoms with E-state index < -0.39 is 0 Å². The van der Waals surface area contributed by atoms with Crippen LogP contribution < -0.4 is 5.32 Å². The second-order valence-corrected chi connectivity index (χ2v) is 6.73. The number of nitrogens with zero attached hydrogens (tertiary/aromatic N) is 1. The average molecular weight is 367 g/mol. The highest BCUT2D eigenvalue weighted by atomic mass is 19.1. The molecule has 1 atom stereocenters. The number of hydrogen-bond acceptors (Lipinski definition) is 3. The van der Waals surface area contributed by atoms with Crippen molar-refractivity contribution in [2.24, 2.45) is 0 Å². The average Bonchev–Trinajstić information content (AvgIpc) is 3.15. The number of ether oxygens (including phenoxy) is 1. The Morgan fingerprint density at radius 1 is 1.15 bits per heavy atom. The Morgan fingerprint density at radius 2 is 1.93 bits per heavy atom. The molecule has 3 aromatic rings. The molecular formula is C21H22FN3O2. The fourth-order valence-electron chi connectivity index (χ4n) is 3.44. The fourth-order valence-corrected chi connectivity index (χ4v) is 3.44. The molecule has 0 saturated carbocycles. The van der Waals surface area contributed by atoms with Crippen LogP contribution >= 0.6 is 0 Å². The van der Waals surface area contributed by atoms with Gasteiger partial charge in [-0.15, -0.1) is 0 Å². The zero-order chi connectivity index (χ0) is 18.6. The molecule has 0 aliphatic carbocycles. The van der Waals surface area contributed by atoms with Crippen molar-refractivity contribution in [3.05, 3.63) is 71.7 Å². The van der Waals surface area contributed by atoms with Crippen LogP contribution in [-0.2, 0) is 4.74 Å². The Morgan fingerprint density at radius 3 is 2.67 bits per heavy atom. The molecule has 0 spiro atoms. The summed E-state index contributed by atoms with van der Waals surface area (Å²) >= 11 is 0. The first-order valence-corrected chi connectivity index (χ1v) is 9.14. The van der Waals surface area contributed by atoms with Crippen molar-refractivity contribution >= 4 is 16.8 Å². The summed E-state index contributed by atoms with van der Waals surface area (Å²) in [6, 6.07) is 16.1. The summed E-state index contributed by atoms with van der Waals surface area (Å²) in [5.74, 6) is -0.580. The standard InChI is InChI=1S/C21H22FN3O2/c22-17-7-4-8-18-16(17)13-19(23-18)21(26)24-20(15-5-2-1-3-6-15)14-25-9-11-27-12-10-25/h1-8,13,20,23H,9-12,14H2,(H,24,26). The molecule has 2 heterocycles. The van der Waals surface area contributed by atoms with Gasteiger partial charge in [-0.2, -0.15) is 0 Å². The van der Waals surface area contributed by atoms with Gasteiger partial charge in [0.2, 0.25) is 0 Å². The summed E-state index contributed by atoms with van der Waals surface area (Å²) in [6.45, 7) is 3.80. The third-order valence-corrected chi connectivity index (χ3v) is 4.91. The molecule has 1 aromatic heterocycles. The molecule has 0 radical (unpaired) electrons. The lowest BCUT2D eigenvalue weighted by molar-refractivity contribution is 0.0332. The molecule has 1 amide bonds. The Kier molecular flexibility index (Phi) is 5.18. The van der Waals surface area contributed by atoms with Gasteiger partial charge in [0, 0.05) is 30.5 Å². The predicted octanol–water partition coefficient (Wildman–Crippen LogP) is 3.11. The van der Waals surface area contributed by atoms with E-state index in [1.807, 2.05) is 30.3 Å². The molecule has 2 aromatic carbocycles. The number of morpholine rings is 1. The van der Waals surface area contributed by atoms with Crippen LogP contribution in [-0.4, -0.2) is 48.6 Å². The fraction of sp³-hybridized carbons (Fsp3) is 0.286. The van der Waals surface area contributed by atoms with Gasteiger partial charge in [-0.3, -0.25) is 9.69 Å². The summed E-state index contributed by atoms with van der Waals surface area (Å²) in [6.07, 6.45) is 0. The molecular weight excluding hydrogens is 345 g/mol. The number of aromatic amines is 1.